The lowest BCUT2D eigenvalue weighted by atomic mass is 10.1. The molecule has 1 atom stereocenters. The van der Waals surface area contributed by atoms with Crippen LogP contribution in [0.2, 0.25) is 0 Å². The first-order chi connectivity index (χ1) is 18.6. The van der Waals surface area contributed by atoms with Crippen molar-refractivity contribution < 1.29 is 9.15 Å². The van der Waals surface area contributed by atoms with Crippen LogP contribution in [0.3, 0.4) is 0 Å². The SMILES string of the molecule is CNc1ccc(-c2nc(=O)n(CCC3CCCO3)c3c2oc2ncc(/C(C=NCC4CC4)=C/N)cc23)cn1. The predicted molar refractivity (Wildman–Crippen MR) is 148 cm³/mol. The van der Waals surface area contributed by atoms with Crippen LogP contribution in [0.25, 0.3) is 39.0 Å². The van der Waals surface area contributed by atoms with Crippen LogP contribution >= 0.6 is 0 Å². The highest BCUT2D eigenvalue weighted by Gasteiger charge is 2.23. The van der Waals surface area contributed by atoms with Crippen molar-refractivity contribution in [1.29, 1.82) is 0 Å². The third-order valence-electron chi connectivity index (χ3n) is 7.24. The van der Waals surface area contributed by atoms with Gasteiger partial charge in [0, 0.05) is 68.3 Å². The molecule has 1 saturated heterocycles. The Morgan fingerprint density at radius 3 is 2.87 bits per heavy atom. The predicted octanol–water partition coefficient (Wildman–Crippen LogP) is 3.99. The summed E-state index contributed by atoms with van der Waals surface area (Å²) < 4.78 is 13.8. The average Bonchev–Trinajstić information content (AvgIpc) is 3.47. The summed E-state index contributed by atoms with van der Waals surface area (Å²) in [6.07, 6.45) is 12.1. The second kappa shape index (κ2) is 10.4. The average molecular weight is 514 g/mol. The molecule has 6 rings (SSSR count). The number of aromatic nitrogens is 4. The number of hydrogen-bond acceptors (Lipinski definition) is 9. The monoisotopic (exact) mass is 513 g/mol. The number of aliphatic imine (C=N–C) groups is 1. The van der Waals surface area contributed by atoms with E-state index in [2.05, 4.69) is 25.3 Å². The van der Waals surface area contributed by atoms with Crippen molar-refractivity contribution in [2.75, 3.05) is 25.5 Å². The molecule has 38 heavy (non-hydrogen) atoms. The molecular formula is C28H31N7O3. The molecule has 0 aromatic carbocycles. The van der Waals surface area contributed by atoms with Crippen LogP contribution in [-0.2, 0) is 11.3 Å². The lowest BCUT2D eigenvalue weighted by molar-refractivity contribution is 0.100. The van der Waals surface area contributed by atoms with Crippen molar-refractivity contribution in [3.63, 3.8) is 0 Å². The number of furan rings is 1. The van der Waals surface area contributed by atoms with Gasteiger partial charge in [-0.15, -0.1) is 0 Å². The Kier molecular flexibility index (Phi) is 6.63. The number of fused-ring (bicyclic) bond motifs is 3. The Labute approximate surface area is 219 Å². The lowest BCUT2D eigenvalue weighted by Gasteiger charge is -2.13. The molecule has 0 spiro atoms. The van der Waals surface area contributed by atoms with E-state index in [0.717, 1.165) is 54.8 Å². The third-order valence-corrected chi connectivity index (χ3v) is 7.24. The molecule has 5 heterocycles. The minimum Gasteiger partial charge on any atom is -0.434 e. The van der Waals surface area contributed by atoms with Gasteiger partial charge in [-0.1, -0.05) is 0 Å². The molecule has 2 aliphatic rings. The number of allylic oxidation sites excluding steroid dienone is 1. The number of hydrogen-bond donors (Lipinski definition) is 2. The Morgan fingerprint density at radius 1 is 1.26 bits per heavy atom. The maximum absolute atomic E-state index is 13.4. The Bertz CT molecular complexity index is 1580. The third kappa shape index (κ3) is 4.79. The first-order valence-electron chi connectivity index (χ1n) is 13.2. The molecule has 196 valence electrons. The van der Waals surface area contributed by atoms with E-state index in [-0.39, 0.29) is 11.8 Å². The van der Waals surface area contributed by atoms with Crippen LogP contribution in [0.5, 0.6) is 0 Å². The van der Waals surface area contributed by atoms with Crippen molar-refractivity contribution in [2.24, 2.45) is 16.6 Å². The number of ether oxygens (including phenoxy) is 1. The number of pyridine rings is 2. The summed E-state index contributed by atoms with van der Waals surface area (Å²) in [5.41, 5.74) is 9.90. The molecule has 1 unspecified atom stereocenters. The normalized spacial score (nSPS) is 18.2. The lowest BCUT2D eigenvalue weighted by Crippen LogP contribution is -2.25. The maximum Gasteiger partial charge on any atom is 0.348 e. The van der Waals surface area contributed by atoms with Crippen molar-refractivity contribution in [3.8, 4) is 11.3 Å². The molecule has 1 aliphatic carbocycles. The van der Waals surface area contributed by atoms with Gasteiger partial charge in [-0.05, 0) is 56.2 Å². The highest BCUT2D eigenvalue weighted by Crippen LogP contribution is 2.34. The van der Waals surface area contributed by atoms with E-state index >= 15 is 0 Å². The van der Waals surface area contributed by atoms with Gasteiger partial charge >= 0.3 is 5.69 Å². The zero-order valence-corrected chi connectivity index (χ0v) is 21.4. The molecule has 10 heteroatoms. The number of nitrogens with zero attached hydrogens (tertiary/aromatic N) is 5. The van der Waals surface area contributed by atoms with E-state index in [1.165, 1.54) is 19.0 Å². The zero-order chi connectivity index (χ0) is 26.1. The van der Waals surface area contributed by atoms with Gasteiger partial charge in [-0.2, -0.15) is 4.98 Å². The second-order valence-corrected chi connectivity index (χ2v) is 9.92. The molecule has 0 radical (unpaired) electrons. The Hall–Kier alpha value is -4.05. The first kappa shape index (κ1) is 24.3. The molecular weight excluding hydrogens is 482 g/mol. The van der Waals surface area contributed by atoms with Crippen LogP contribution in [0.15, 0.2) is 51.0 Å². The van der Waals surface area contributed by atoms with E-state index in [0.29, 0.717) is 40.5 Å². The minimum atomic E-state index is -0.350. The van der Waals surface area contributed by atoms with Crippen LogP contribution < -0.4 is 16.7 Å². The fraction of sp³-hybridized carbons (Fsp3) is 0.393. The Morgan fingerprint density at radius 2 is 2.16 bits per heavy atom. The van der Waals surface area contributed by atoms with Crippen molar-refractivity contribution in [3.05, 3.63) is 52.8 Å². The summed E-state index contributed by atoms with van der Waals surface area (Å²) in [5, 5.41) is 3.73. The summed E-state index contributed by atoms with van der Waals surface area (Å²) in [5.74, 6) is 1.40. The van der Waals surface area contributed by atoms with Crippen molar-refractivity contribution >= 4 is 39.8 Å². The first-order valence-corrected chi connectivity index (χ1v) is 13.2. The highest BCUT2D eigenvalue weighted by molar-refractivity contribution is 6.12. The van der Waals surface area contributed by atoms with Gasteiger partial charge in [0.25, 0.3) is 0 Å². The van der Waals surface area contributed by atoms with Gasteiger partial charge in [0.15, 0.2) is 5.58 Å². The zero-order valence-electron chi connectivity index (χ0n) is 21.4. The quantitative estimate of drug-likeness (QED) is 0.321. The van der Waals surface area contributed by atoms with Gasteiger partial charge in [-0.25, -0.2) is 14.8 Å². The van der Waals surface area contributed by atoms with E-state index in [1.807, 2.05) is 18.2 Å². The topological polar surface area (TPSA) is 133 Å². The number of aryl methyl sites for hydroxylation is 1. The fourth-order valence-corrected chi connectivity index (χ4v) is 4.90. The molecule has 10 nitrogen and oxygen atoms in total. The van der Waals surface area contributed by atoms with Crippen LogP contribution in [0, 0.1) is 5.92 Å². The van der Waals surface area contributed by atoms with Crippen LogP contribution in [-0.4, -0.2) is 52.0 Å². The van der Waals surface area contributed by atoms with Gasteiger partial charge < -0.3 is 20.2 Å². The van der Waals surface area contributed by atoms with E-state index in [9.17, 15) is 4.79 Å². The van der Waals surface area contributed by atoms with Crippen LogP contribution in [0.1, 0.15) is 37.7 Å². The molecule has 2 fully saturated rings. The largest absolute Gasteiger partial charge is 0.434 e. The van der Waals surface area contributed by atoms with Gasteiger partial charge in [0.05, 0.1) is 11.5 Å². The highest BCUT2D eigenvalue weighted by atomic mass is 16.5. The smallest absolute Gasteiger partial charge is 0.348 e. The van der Waals surface area contributed by atoms with E-state index < -0.39 is 0 Å². The maximum atomic E-state index is 13.4. The molecule has 4 aromatic rings. The Balaban J connectivity index is 1.48. The summed E-state index contributed by atoms with van der Waals surface area (Å²) in [7, 11) is 1.80. The number of nitrogens with two attached hydrogens (primary N) is 1. The molecule has 4 aromatic heterocycles. The number of rotatable bonds is 9. The van der Waals surface area contributed by atoms with Gasteiger partial charge in [0.2, 0.25) is 5.71 Å². The van der Waals surface area contributed by atoms with Gasteiger partial charge in [0.1, 0.15) is 17.0 Å². The number of nitrogens with one attached hydrogen (secondary N) is 1. The molecule has 3 N–H and O–H groups in total. The summed E-state index contributed by atoms with van der Waals surface area (Å²) in [6, 6.07) is 5.67. The standard InChI is InChI=1S/C28H31N7O3/c1-30-23-7-6-18(15-32-23)24-26-25(35(28(36)34-24)9-8-21-3-2-10-37-21)22-11-19(16-33-27(22)38-26)20(12-29)14-31-13-17-4-5-17/h6-7,11-12,14-17,21H,2-5,8-10,13,29H2,1H3,(H,30,32)/b20-12+,31-14?. The summed E-state index contributed by atoms with van der Waals surface area (Å²) >= 11 is 0. The summed E-state index contributed by atoms with van der Waals surface area (Å²) in [4.78, 5) is 31.4. The van der Waals surface area contributed by atoms with E-state index in [4.69, 9.17) is 14.9 Å². The molecule has 0 bridgehead atoms. The second-order valence-electron chi connectivity index (χ2n) is 9.92. The summed E-state index contributed by atoms with van der Waals surface area (Å²) in [6.45, 7) is 2.03. The molecule has 0 amide bonds. The molecule has 1 saturated carbocycles. The van der Waals surface area contributed by atoms with Crippen LogP contribution in [0.4, 0.5) is 5.82 Å². The number of anilines is 1. The minimum absolute atomic E-state index is 0.135. The van der Waals surface area contributed by atoms with Crippen molar-refractivity contribution in [2.45, 2.75) is 44.8 Å². The van der Waals surface area contributed by atoms with Crippen molar-refractivity contribution in [1.82, 2.24) is 19.5 Å². The fourth-order valence-electron chi connectivity index (χ4n) is 4.90. The van der Waals surface area contributed by atoms with E-state index in [1.54, 1.807) is 30.2 Å². The van der Waals surface area contributed by atoms with Gasteiger partial charge in [-0.3, -0.25) is 9.56 Å². The molecule has 1 aliphatic heterocycles.